The Bertz CT molecular complexity index is 1890. The van der Waals surface area contributed by atoms with E-state index in [4.69, 9.17) is 14.2 Å². The predicted octanol–water partition coefficient (Wildman–Crippen LogP) is 5.52. The summed E-state index contributed by atoms with van der Waals surface area (Å²) in [6, 6.07) is 12.4. The van der Waals surface area contributed by atoms with Gasteiger partial charge in [0.1, 0.15) is 29.2 Å². The Balaban J connectivity index is 1.01. The van der Waals surface area contributed by atoms with Crippen molar-refractivity contribution in [3.63, 3.8) is 0 Å². The van der Waals surface area contributed by atoms with E-state index in [0.29, 0.717) is 42.3 Å². The van der Waals surface area contributed by atoms with Crippen LogP contribution in [0, 0.1) is 6.92 Å². The molecule has 3 N–H and O–H groups in total. The van der Waals surface area contributed by atoms with Gasteiger partial charge in [-0.25, -0.2) is 4.79 Å². The van der Waals surface area contributed by atoms with Crippen molar-refractivity contribution >= 4 is 44.9 Å². The van der Waals surface area contributed by atoms with Crippen LogP contribution in [0.2, 0.25) is 0 Å². The number of ether oxygens (including phenoxy) is 3. The number of phenols is 1. The minimum atomic E-state index is -1.14. The fourth-order valence-electron chi connectivity index (χ4n) is 6.59. The molecular formula is C37H46N4O8S2. The Morgan fingerprint density at radius 1 is 1.12 bits per heavy atom. The highest BCUT2D eigenvalue weighted by atomic mass is 32.1. The van der Waals surface area contributed by atoms with Crippen molar-refractivity contribution in [2.24, 2.45) is 0 Å². The van der Waals surface area contributed by atoms with Crippen LogP contribution in [-0.2, 0) is 16.0 Å². The number of H-pyrrole nitrogens is 1. The van der Waals surface area contributed by atoms with Crippen molar-refractivity contribution in [2.75, 3.05) is 52.5 Å². The number of morpholine rings is 1. The lowest BCUT2D eigenvalue weighted by atomic mass is 9.89. The largest absolute Gasteiger partial charge is 0.506 e. The summed E-state index contributed by atoms with van der Waals surface area (Å²) < 4.78 is 18.4. The molecule has 1 spiro atoms. The number of hydrogen-bond acceptors (Lipinski definition) is 11. The molecule has 14 heteroatoms. The van der Waals surface area contributed by atoms with E-state index in [0.717, 1.165) is 59.8 Å². The summed E-state index contributed by atoms with van der Waals surface area (Å²) in [5.74, 6) is 0.708. The Morgan fingerprint density at radius 2 is 1.86 bits per heavy atom. The summed E-state index contributed by atoms with van der Waals surface area (Å²) >= 11 is 2.49. The number of piperidine rings is 1. The van der Waals surface area contributed by atoms with Gasteiger partial charge in [-0.2, -0.15) is 0 Å². The van der Waals surface area contributed by atoms with Gasteiger partial charge in [-0.1, -0.05) is 29.5 Å². The number of thiazole rings is 1. The molecule has 0 aliphatic carbocycles. The van der Waals surface area contributed by atoms with Crippen molar-refractivity contribution in [3.05, 3.63) is 79.1 Å². The third kappa shape index (κ3) is 9.11. The van der Waals surface area contributed by atoms with Crippen LogP contribution in [0.25, 0.3) is 10.2 Å². The Labute approximate surface area is 305 Å². The zero-order chi connectivity index (χ0) is 36.3. The molecule has 1 unspecified atom stereocenters. The summed E-state index contributed by atoms with van der Waals surface area (Å²) in [4.78, 5) is 47.5. The Morgan fingerprint density at radius 3 is 2.55 bits per heavy atom. The molecule has 2 fully saturated rings. The molecule has 0 bridgehead atoms. The van der Waals surface area contributed by atoms with Crippen molar-refractivity contribution in [1.29, 1.82) is 0 Å². The number of carbonyl (C=O) groups excluding carboxylic acids is 2. The number of aromatic amines is 1. The number of aliphatic hydroxyl groups excluding tert-OH is 1. The van der Waals surface area contributed by atoms with Gasteiger partial charge in [0.2, 0.25) is 0 Å². The standard InChI is InChI=1S/C37H46N4O8S2/c1-24-19-26(22-50-24)33(44)40-16-18-48-37(23-40)11-13-39(14-12-37)15-17-47-27-7-5-25(6-8-27)20-41(35(46)49-36(2,3)4)21-30(43)28-9-10-29(42)31-32(28)51-34(45)38-31/h5-10,19,22,30,42-43H,11-18,20-21,23H2,1-4H3,(H,38,45). The quantitative estimate of drug-likeness (QED) is 0.192. The zero-order valence-corrected chi connectivity index (χ0v) is 31.1. The fraction of sp³-hybridized carbons (Fsp3) is 0.486. The van der Waals surface area contributed by atoms with E-state index in [2.05, 4.69) is 9.88 Å². The highest BCUT2D eigenvalue weighted by Gasteiger charge is 2.41. The van der Waals surface area contributed by atoms with E-state index >= 15 is 0 Å². The molecule has 4 aromatic rings. The SMILES string of the molecule is Cc1cc(C(=O)N2CCOC3(CCN(CCOc4ccc(CN(CC(O)c5ccc(O)c6[nH]c(=O)sc56)C(=O)OC(C)(C)C)cc4)CC3)C2)cs1. The van der Waals surface area contributed by atoms with Gasteiger partial charge in [0.15, 0.2) is 0 Å². The van der Waals surface area contributed by atoms with Crippen LogP contribution in [0.3, 0.4) is 0 Å². The van der Waals surface area contributed by atoms with Gasteiger partial charge in [-0.15, -0.1) is 11.3 Å². The van der Waals surface area contributed by atoms with Crippen molar-refractivity contribution in [1.82, 2.24) is 19.7 Å². The first kappa shape index (κ1) is 36.8. The number of nitrogens with one attached hydrogen (secondary N) is 1. The number of aliphatic hydroxyl groups is 1. The molecule has 12 nitrogen and oxygen atoms in total. The van der Waals surface area contributed by atoms with Crippen LogP contribution in [0.5, 0.6) is 11.5 Å². The van der Waals surface area contributed by atoms with Crippen LogP contribution in [0.1, 0.15) is 66.1 Å². The molecule has 2 saturated heterocycles. The number of phenolic OH excluding ortho intramolecular Hbond substituents is 1. The molecule has 2 amide bonds. The lowest BCUT2D eigenvalue weighted by Gasteiger charge is -2.47. The first-order valence-corrected chi connectivity index (χ1v) is 18.9. The van der Waals surface area contributed by atoms with Crippen molar-refractivity contribution in [2.45, 2.75) is 64.4 Å². The molecule has 1 atom stereocenters. The summed E-state index contributed by atoms with van der Waals surface area (Å²) in [5.41, 5.74) is 1.23. The molecule has 2 aliphatic heterocycles. The monoisotopic (exact) mass is 738 g/mol. The number of fused-ring (bicyclic) bond motifs is 1. The van der Waals surface area contributed by atoms with Gasteiger partial charge in [-0.05, 0) is 70.4 Å². The number of amides is 2. The van der Waals surface area contributed by atoms with E-state index < -0.39 is 17.8 Å². The highest BCUT2D eigenvalue weighted by Crippen LogP contribution is 2.33. The summed E-state index contributed by atoms with van der Waals surface area (Å²) in [5, 5.41) is 23.3. The Kier molecular flexibility index (Phi) is 11.1. The topological polar surface area (TPSA) is 145 Å². The van der Waals surface area contributed by atoms with Crippen LogP contribution < -0.4 is 9.61 Å². The van der Waals surface area contributed by atoms with Crippen molar-refractivity contribution < 1.29 is 34.0 Å². The number of likely N-dealkylation sites (tertiary alicyclic amines) is 1. The summed E-state index contributed by atoms with van der Waals surface area (Å²) in [6.07, 6.45) is -0.000902. The van der Waals surface area contributed by atoms with Gasteiger partial charge in [0.05, 0.1) is 41.7 Å². The normalized spacial score (nSPS) is 17.1. The minimum Gasteiger partial charge on any atom is -0.506 e. The Hall–Kier alpha value is -3.95. The van der Waals surface area contributed by atoms with Gasteiger partial charge < -0.3 is 39.2 Å². The molecule has 4 heterocycles. The molecule has 0 radical (unpaired) electrons. The molecule has 2 aliphatic rings. The molecule has 274 valence electrons. The molecule has 2 aromatic heterocycles. The van der Waals surface area contributed by atoms with Crippen LogP contribution in [0.4, 0.5) is 4.79 Å². The maximum Gasteiger partial charge on any atom is 0.410 e. The van der Waals surface area contributed by atoms with Crippen LogP contribution >= 0.6 is 22.7 Å². The number of aromatic nitrogens is 1. The molecular weight excluding hydrogens is 693 g/mol. The minimum absolute atomic E-state index is 0.0882. The predicted molar refractivity (Wildman–Crippen MR) is 197 cm³/mol. The molecule has 2 aromatic carbocycles. The van der Waals surface area contributed by atoms with Gasteiger partial charge >= 0.3 is 11.0 Å². The number of thiophene rings is 1. The maximum absolute atomic E-state index is 13.3. The lowest BCUT2D eigenvalue weighted by molar-refractivity contribution is -0.127. The first-order chi connectivity index (χ1) is 24.3. The smallest absolute Gasteiger partial charge is 0.410 e. The van der Waals surface area contributed by atoms with Gasteiger partial charge in [-0.3, -0.25) is 14.5 Å². The zero-order valence-electron chi connectivity index (χ0n) is 29.5. The van der Waals surface area contributed by atoms with Gasteiger partial charge in [0, 0.05) is 48.5 Å². The number of benzene rings is 2. The van der Waals surface area contributed by atoms with E-state index in [-0.39, 0.29) is 40.7 Å². The average molecular weight is 739 g/mol. The summed E-state index contributed by atoms with van der Waals surface area (Å²) in [7, 11) is 0. The number of nitrogens with zero attached hydrogens (tertiary/aromatic N) is 3. The number of rotatable bonds is 10. The second-order valence-corrected chi connectivity index (χ2v) is 16.4. The third-order valence-electron chi connectivity index (χ3n) is 9.25. The number of carbonyl (C=O) groups is 2. The fourth-order valence-corrected chi connectivity index (χ4v) is 8.18. The molecule has 0 saturated carbocycles. The van der Waals surface area contributed by atoms with Crippen molar-refractivity contribution in [3.8, 4) is 11.5 Å². The van der Waals surface area contributed by atoms with E-state index in [1.807, 2.05) is 47.5 Å². The summed E-state index contributed by atoms with van der Waals surface area (Å²) in [6.45, 7) is 12.2. The third-order valence-corrected chi connectivity index (χ3v) is 11.0. The first-order valence-electron chi connectivity index (χ1n) is 17.2. The molecule has 6 rings (SSSR count). The average Bonchev–Trinajstić information content (AvgIpc) is 3.71. The lowest BCUT2D eigenvalue weighted by Crippen LogP contribution is -2.58. The van der Waals surface area contributed by atoms with Crippen LogP contribution in [0.15, 0.2) is 52.6 Å². The second-order valence-electron chi connectivity index (χ2n) is 14.3. The number of aryl methyl sites for hydroxylation is 1. The highest BCUT2D eigenvalue weighted by molar-refractivity contribution is 7.16. The number of aromatic hydroxyl groups is 1. The van der Waals surface area contributed by atoms with Crippen LogP contribution in [-0.4, -0.2) is 106 Å². The molecule has 51 heavy (non-hydrogen) atoms. The second kappa shape index (κ2) is 15.3. The van der Waals surface area contributed by atoms with E-state index in [1.54, 1.807) is 38.2 Å². The number of hydrogen-bond donors (Lipinski definition) is 3. The van der Waals surface area contributed by atoms with E-state index in [1.165, 1.54) is 11.0 Å². The van der Waals surface area contributed by atoms with Gasteiger partial charge in [0.25, 0.3) is 5.91 Å². The maximum atomic E-state index is 13.3. The van der Waals surface area contributed by atoms with E-state index in [9.17, 15) is 24.6 Å².